The largest absolute Gasteiger partial charge is 0.493 e. The molecule has 3 rings (SSSR count). The van der Waals surface area contributed by atoms with Gasteiger partial charge in [0.2, 0.25) is 11.5 Å². The number of halogens is 3. The zero-order valence-electron chi connectivity index (χ0n) is 15.7. The van der Waals surface area contributed by atoms with E-state index in [-0.39, 0.29) is 35.3 Å². The fourth-order valence-electron chi connectivity index (χ4n) is 2.48. The molecule has 2 heterocycles. The molecular formula is C19H15F3N2O6. The Balaban J connectivity index is 1.78. The van der Waals surface area contributed by atoms with Gasteiger partial charge in [-0.1, -0.05) is 6.07 Å². The van der Waals surface area contributed by atoms with E-state index in [2.05, 4.69) is 9.84 Å². The number of carbonyl (C=O) groups is 2. The van der Waals surface area contributed by atoms with Crippen molar-refractivity contribution in [2.75, 3.05) is 14.2 Å². The quantitative estimate of drug-likeness (QED) is 0.558. The second-order valence-corrected chi connectivity index (χ2v) is 5.87. The highest BCUT2D eigenvalue weighted by Crippen LogP contribution is 2.31. The van der Waals surface area contributed by atoms with Crippen LogP contribution >= 0.6 is 0 Å². The van der Waals surface area contributed by atoms with Crippen LogP contribution in [0.15, 0.2) is 47.0 Å². The van der Waals surface area contributed by atoms with Crippen LogP contribution in [0.5, 0.6) is 5.75 Å². The van der Waals surface area contributed by atoms with E-state index in [0.717, 1.165) is 16.8 Å². The predicted octanol–water partition coefficient (Wildman–Crippen LogP) is 3.64. The van der Waals surface area contributed by atoms with Gasteiger partial charge in [-0.25, -0.2) is 14.3 Å². The third-order valence-corrected chi connectivity index (χ3v) is 3.93. The standard InChI is InChI=1S/C19H15F3N2O6/c1-27-15-9-24(12-5-3-4-11(8-12)19(20,21)22)23-16(15)18(26)29-10-13-6-7-14(30-13)17(25)28-2/h3-9H,10H2,1-2H3. The van der Waals surface area contributed by atoms with Crippen molar-refractivity contribution < 1.29 is 41.4 Å². The maximum Gasteiger partial charge on any atom is 0.416 e. The van der Waals surface area contributed by atoms with Gasteiger partial charge in [0.25, 0.3) is 0 Å². The number of methoxy groups -OCH3 is 2. The Morgan fingerprint density at radius 1 is 1.13 bits per heavy atom. The van der Waals surface area contributed by atoms with Gasteiger partial charge in [-0.15, -0.1) is 0 Å². The van der Waals surface area contributed by atoms with Gasteiger partial charge in [-0.2, -0.15) is 18.3 Å². The highest BCUT2D eigenvalue weighted by atomic mass is 19.4. The number of aromatic nitrogens is 2. The van der Waals surface area contributed by atoms with E-state index < -0.39 is 23.7 Å². The van der Waals surface area contributed by atoms with Gasteiger partial charge in [-0.3, -0.25) is 0 Å². The Bertz CT molecular complexity index is 1070. The fraction of sp³-hybridized carbons (Fsp3) is 0.211. The zero-order valence-corrected chi connectivity index (χ0v) is 15.7. The molecule has 30 heavy (non-hydrogen) atoms. The van der Waals surface area contributed by atoms with Crippen molar-refractivity contribution in [1.29, 1.82) is 0 Å². The summed E-state index contributed by atoms with van der Waals surface area (Å²) >= 11 is 0. The van der Waals surface area contributed by atoms with Crippen LogP contribution in [-0.4, -0.2) is 35.9 Å². The first-order chi connectivity index (χ1) is 14.2. The second-order valence-electron chi connectivity index (χ2n) is 5.87. The number of benzene rings is 1. The molecule has 0 fully saturated rings. The zero-order chi connectivity index (χ0) is 21.9. The molecule has 0 aliphatic carbocycles. The van der Waals surface area contributed by atoms with Crippen LogP contribution in [0.1, 0.15) is 32.4 Å². The number of carbonyl (C=O) groups excluding carboxylic acids is 2. The Hall–Kier alpha value is -3.76. The van der Waals surface area contributed by atoms with Gasteiger partial charge < -0.3 is 18.6 Å². The van der Waals surface area contributed by atoms with Crippen molar-refractivity contribution in [1.82, 2.24) is 9.78 Å². The number of esters is 2. The second kappa shape index (κ2) is 8.31. The van der Waals surface area contributed by atoms with Crippen LogP contribution in [-0.2, 0) is 22.3 Å². The molecule has 2 aromatic heterocycles. The molecule has 0 bridgehead atoms. The summed E-state index contributed by atoms with van der Waals surface area (Å²) in [5.74, 6) is -1.45. The topological polar surface area (TPSA) is 92.8 Å². The number of ether oxygens (including phenoxy) is 3. The molecule has 0 amide bonds. The molecule has 0 saturated carbocycles. The molecular weight excluding hydrogens is 409 g/mol. The van der Waals surface area contributed by atoms with Crippen LogP contribution in [0.25, 0.3) is 5.69 Å². The third kappa shape index (κ3) is 4.45. The molecule has 0 saturated heterocycles. The van der Waals surface area contributed by atoms with E-state index >= 15 is 0 Å². The van der Waals surface area contributed by atoms with E-state index in [1.807, 2.05) is 0 Å². The van der Waals surface area contributed by atoms with Gasteiger partial charge in [-0.05, 0) is 30.3 Å². The molecule has 0 spiro atoms. The summed E-state index contributed by atoms with van der Waals surface area (Å²) in [5.41, 5.74) is -1.02. The van der Waals surface area contributed by atoms with E-state index in [1.54, 1.807) is 0 Å². The number of alkyl halides is 3. The highest BCUT2D eigenvalue weighted by Gasteiger charge is 2.31. The van der Waals surface area contributed by atoms with Crippen LogP contribution in [0.3, 0.4) is 0 Å². The van der Waals surface area contributed by atoms with Gasteiger partial charge in [0.15, 0.2) is 5.75 Å². The van der Waals surface area contributed by atoms with E-state index in [0.29, 0.717) is 0 Å². The summed E-state index contributed by atoms with van der Waals surface area (Å²) < 4.78 is 59.7. The highest BCUT2D eigenvalue weighted by molar-refractivity contribution is 5.90. The molecule has 1 aromatic carbocycles. The van der Waals surface area contributed by atoms with Crippen LogP contribution in [0.4, 0.5) is 13.2 Å². The molecule has 11 heteroatoms. The Morgan fingerprint density at radius 3 is 2.57 bits per heavy atom. The lowest BCUT2D eigenvalue weighted by atomic mass is 10.2. The maximum absolute atomic E-state index is 12.9. The van der Waals surface area contributed by atoms with Crippen molar-refractivity contribution in [2.24, 2.45) is 0 Å². The van der Waals surface area contributed by atoms with Crippen molar-refractivity contribution >= 4 is 11.9 Å². The Labute approximate surface area is 167 Å². The number of rotatable bonds is 6. The van der Waals surface area contributed by atoms with Crippen molar-refractivity contribution in [3.05, 3.63) is 65.4 Å². The number of hydrogen-bond acceptors (Lipinski definition) is 7. The first kappa shape index (κ1) is 21.0. The van der Waals surface area contributed by atoms with Crippen molar-refractivity contribution in [3.8, 4) is 11.4 Å². The molecule has 0 atom stereocenters. The third-order valence-electron chi connectivity index (χ3n) is 3.93. The van der Waals surface area contributed by atoms with Crippen molar-refractivity contribution in [3.63, 3.8) is 0 Å². The molecule has 158 valence electrons. The first-order valence-electron chi connectivity index (χ1n) is 8.38. The molecule has 8 nitrogen and oxygen atoms in total. The summed E-state index contributed by atoms with van der Waals surface area (Å²) in [6.45, 7) is -0.310. The van der Waals surface area contributed by atoms with E-state index in [1.165, 1.54) is 44.7 Å². The predicted molar refractivity (Wildman–Crippen MR) is 94.3 cm³/mol. The van der Waals surface area contributed by atoms with Crippen LogP contribution < -0.4 is 4.74 Å². The van der Waals surface area contributed by atoms with Crippen LogP contribution in [0, 0.1) is 0 Å². The minimum atomic E-state index is -4.53. The SMILES string of the molecule is COC(=O)c1ccc(COC(=O)c2nn(-c3cccc(C(F)(F)F)c3)cc2OC)o1. The van der Waals surface area contributed by atoms with Crippen molar-refractivity contribution in [2.45, 2.75) is 12.8 Å². The van der Waals surface area contributed by atoms with E-state index in [4.69, 9.17) is 13.9 Å². The van der Waals surface area contributed by atoms with E-state index in [9.17, 15) is 22.8 Å². The summed E-state index contributed by atoms with van der Waals surface area (Å²) in [4.78, 5) is 23.7. The average Bonchev–Trinajstić information content (AvgIpc) is 3.38. The normalized spacial score (nSPS) is 11.2. The lowest BCUT2D eigenvalue weighted by Gasteiger charge is -2.08. The molecule has 0 unspecified atom stereocenters. The Morgan fingerprint density at radius 2 is 1.90 bits per heavy atom. The monoisotopic (exact) mass is 424 g/mol. The molecule has 0 N–H and O–H groups in total. The summed E-state index contributed by atoms with van der Waals surface area (Å²) in [6, 6.07) is 7.22. The number of hydrogen-bond donors (Lipinski definition) is 0. The van der Waals surface area contributed by atoms with Gasteiger partial charge in [0.1, 0.15) is 12.4 Å². The van der Waals surface area contributed by atoms with Gasteiger partial charge >= 0.3 is 18.1 Å². The minimum absolute atomic E-state index is 0.00658. The van der Waals surface area contributed by atoms with Gasteiger partial charge in [0.05, 0.1) is 31.7 Å². The molecule has 0 aliphatic heterocycles. The number of nitrogens with zero attached hydrogens (tertiary/aromatic N) is 2. The van der Waals surface area contributed by atoms with Gasteiger partial charge in [0, 0.05) is 0 Å². The first-order valence-corrected chi connectivity index (χ1v) is 8.38. The lowest BCUT2D eigenvalue weighted by Crippen LogP contribution is -2.09. The minimum Gasteiger partial charge on any atom is -0.493 e. The average molecular weight is 424 g/mol. The summed E-state index contributed by atoms with van der Waals surface area (Å²) in [5, 5.41) is 3.98. The fourth-order valence-corrected chi connectivity index (χ4v) is 2.48. The molecule has 0 aliphatic rings. The number of furan rings is 1. The lowest BCUT2D eigenvalue weighted by molar-refractivity contribution is -0.137. The summed E-state index contributed by atoms with van der Waals surface area (Å²) in [6.07, 6.45) is -3.27. The molecule has 0 radical (unpaired) electrons. The van der Waals surface area contributed by atoms with Crippen LogP contribution in [0.2, 0.25) is 0 Å². The summed E-state index contributed by atoms with van der Waals surface area (Å²) in [7, 11) is 2.47. The smallest absolute Gasteiger partial charge is 0.416 e. The Kier molecular flexibility index (Phi) is 5.81. The maximum atomic E-state index is 12.9. The molecule has 3 aromatic rings.